The van der Waals surface area contributed by atoms with Gasteiger partial charge in [-0.3, -0.25) is 18.6 Å². The van der Waals surface area contributed by atoms with Crippen molar-refractivity contribution < 1.29 is 42.1 Å². The Labute approximate surface area is 568 Å². The number of quaternary nitrogens is 1. The van der Waals surface area contributed by atoms with Gasteiger partial charge in [-0.2, -0.15) is 0 Å². The molecule has 92 heavy (non-hydrogen) atoms. The van der Waals surface area contributed by atoms with Gasteiger partial charge in [0, 0.05) is 12.8 Å². The molecular formula is C82H143NO8P+. The van der Waals surface area contributed by atoms with Crippen molar-refractivity contribution >= 4 is 19.8 Å². The standard InChI is InChI=1S/C82H142NO8P/c1-6-8-10-12-14-16-18-20-22-24-26-28-30-32-34-36-37-38-39-40-41-42-43-44-45-47-49-51-53-55-57-59-61-63-65-67-69-71-73-75-82(85)91-80(79-90-92(86,87)89-77-76-83(3,4)5)78-88-81(84)74-72-70-68-66-64-62-60-58-56-54-52-50-48-46-35-33-31-29-27-25-23-21-19-17-15-13-11-9-7-2/h8,10,14,16,20,22,25-28,32,34,37-38,40-41,43-44,47,49,53,55,80H,6-7,9,11-13,15,17-19,21,23-24,29-31,33,35-36,39,42,45-46,48,50-52,54,56-79H2,1-5H3/p+1/b10-8-,16-14-,22-20-,27-25-,28-26-,34-32-,38-37-,41-40-,44-43-,49-47-,55-53-. The van der Waals surface area contributed by atoms with Gasteiger partial charge in [-0.15, -0.1) is 0 Å². The van der Waals surface area contributed by atoms with Crippen molar-refractivity contribution in [3.63, 3.8) is 0 Å². The number of phosphoric acid groups is 1. The summed E-state index contributed by atoms with van der Waals surface area (Å²) in [6.07, 6.45) is 104. The van der Waals surface area contributed by atoms with Gasteiger partial charge >= 0.3 is 19.8 Å². The first kappa shape index (κ1) is 88.2. The van der Waals surface area contributed by atoms with Crippen LogP contribution in [0.25, 0.3) is 0 Å². The molecule has 0 bridgehead atoms. The smallest absolute Gasteiger partial charge is 0.462 e. The van der Waals surface area contributed by atoms with Gasteiger partial charge in [0.05, 0.1) is 27.7 Å². The molecule has 0 radical (unpaired) electrons. The van der Waals surface area contributed by atoms with Crippen LogP contribution in [0.3, 0.4) is 0 Å². The summed E-state index contributed by atoms with van der Waals surface area (Å²) in [4.78, 5) is 35.9. The molecule has 0 aliphatic rings. The molecule has 0 amide bonds. The van der Waals surface area contributed by atoms with Crippen LogP contribution >= 0.6 is 7.82 Å². The van der Waals surface area contributed by atoms with E-state index in [1.165, 1.54) is 180 Å². The topological polar surface area (TPSA) is 108 Å². The number of unbranched alkanes of at least 4 members (excludes halogenated alkanes) is 33. The van der Waals surface area contributed by atoms with E-state index < -0.39 is 26.5 Å². The van der Waals surface area contributed by atoms with Crippen molar-refractivity contribution in [2.75, 3.05) is 47.5 Å². The van der Waals surface area contributed by atoms with Gasteiger partial charge in [0.15, 0.2) is 6.10 Å². The summed E-state index contributed by atoms with van der Waals surface area (Å²) >= 11 is 0. The second-order valence-corrected chi connectivity index (χ2v) is 27.8. The average Bonchev–Trinajstić information content (AvgIpc) is 2.14. The Morgan fingerprint density at radius 2 is 0.620 bits per heavy atom. The first-order valence-electron chi connectivity index (χ1n) is 37.9. The van der Waals surface area contributed by atoms with Crippen LogP contribution in [0.1, 0.15) is 322 Å². The SMILES string of the molecule is CC/C=C\C/C=C\C/C=C\C/C=C\C/C=C\C/C=C\C/C=C\C/C=C\C/C=C\C/C=C\CCCCCCCCCCC(=O)OC(COC(=O)CCCCCCCCCCCCCCCCCCC/C=C\CCCCCCCCCC)COP(=O)(O)OCC[N+](C)(C)C. The van der Waals surface area contributed by atoms with Gasteiger partial charge in [-0.1, -0.05) is 327 Å². The zero-order valence-electron chi connectivity index (χ0n) is 60.2. The minimum absolute atomic E-state index is 0.0252. The number of nitrogens with zero attached hydrogens (tertiary/aromatic N) is 1. The van der Waals surface area contributed by atoms with Crippen LogP contribution in [0, 0.1) is 0 Å². The Morgan fingerprint density at radius 3 is 0.935 bits per heavy atom. The highest BCUT2D eigenvalue weighted by atomic mass is 31.2. The summed E-state index contributed by atoms with van der Waals surface area (Å²) in [5.41, 5.74) is 0. The Bertz CT molecular complexity index is 2020. The number of carbonyl (C=O) groups is 2. The molecule has 9 nitrogen and oxygen atoms in total. The van der Waals surface area contributed by atoms with E-state index >= 15 is 0 Å². The lowest BCUT2D eigenvalue weighted by molar-refractivity contribution is -0.870. The lowest BCUT2D eigenvalue weighted by Crippen LogP contribution is -2.37. The van der Waals surface area contributed by atoms with Crippen LogP contribution in [0.2, 0.25) is 0 Å². The number of hydrogen-bond donors (Lipinski definition) is 1. The highest BCUT2D eigenvalue weighted by Crippen LogP contribution is 2.43. The normalized spacial score (nSPS) is 13.8. The van der Waals surface area contributed by atoms with Gasteiger partial charge in [0.25, 0.3) is 0 Å². The largest absolute Gasteiger partial charge is 0.472 e. The number of hydrogen-bond acceptors (Lipinski definition) is 7. The lowest BCUT2D eigenvalue weighted by Gasteiger charge is -2.24. The predicted octanol–water partition coefficient (Wildman–Crippen LogP) is 25.2. The number of likely N-dealkylation sites (N-methyl/N-ethyl adjacent to an activating group) is 1. The van der Waals surface area contributed by atoms with Crippen molar-refractivity contribution in [1.29, 1.82) is 0 Å². The maximum Gasteiger partial charge on any atom is 0.472 e. The zero-order valence-corrected chi connectivity index (χ0v) is 61.1. The van der Waals surface area contributed by atoms with E-state index in [2.05, 4.69) is 148 Å². The van der Waals surface area contributed by atoms with Crippen molar-refractivity contribution in [2.45, 2.75) is 328 Å². The third-order valence-electron chi connectivity index (χ3n) is 16.2. The molecule has 10 heteroatoms. The van der Waals surface area contributed by atoms with Gasteiger partial charge in [-0.05, 0) is 116 Å². The summed E-state index contributed by atoms with van der Waals surface area (Å²) in [7, 11) is 1.47. The van der Waals surface area contributed by atoms with E-state index in [0.29, 0.717) is 17.4 Å². The quantitative estimate of drug-likeness (QED) is 0.0211. The number of ether oxygens (including phenoxy) is 2. The van der Waals surface area contributed by atoms with Gasteiger partial charge in [0.2, 0.25) is 0 Å². The molecule has 0 aromatic carbocycles. The molecule has 0 rings (SSSR count). The number of phosphoric ester groups is 1. The van der Waals surface area contributed by atoms with Crippen LogP contribution < -0.4 is 0 Å². The second-order valence-electron chi connectivity index (χ2n) is 26.3. The molecule has 2 atom stereocenters. The van der Waals surface area contributed by atoms with E-state index in [1.54, 1.807) is 0 Å². The first-order chi connectivity index (χ1) is 45.0. The van der Waals surface area contributed by atoms with Crippen LogP contribution in [0.15, 0.2) is 134 Å². The van der Waals surface area contributed by atoms with E-state index in [4.69, 9.17) is 18.5 Å². The molecule has 0 aromatic heterocycles. The monoisotopic (exact) mass is 1300 g/mol. The summed E-state index contributed by atoms with van der Waals surface area (Å²) in [6.45, 7) is 4.33. The number of esters is 2. The summed E-state index contributed by atoms with van der Waals surface area (Å²) in [5, 5.41) is 0. The molecule has 0 heterocycles. The highest BCUT2D eigenvalue weighted by molar-refractivity contribution is 7.47. The number of rotatable bonds is 69. The lowest BCUT2D eigenvalue weighted by atomic mass is 10.0. The van der Waals surface area contributed by atoms with Crippen LogP contribution in [-0.4, -0.2) is 74.9 Å². The van der Waals surface area contributed by atoms with E-state index in [0.717, 1.165) is 109 Å². The second kappa shape index (κ2) is 71.4. The predicted molar refractivity (Wildman–Crippen MR) is 399 cm³/mol. The number of allylic oxidation sites excluding steroid dienone is 22. The third-order valence-corrected chi connectivity index (χ3v) is 17.1. The molecule has 0 aromatic rings. The summed E-state index contributed by atoms with van der Waals surface area (Å²) in [5.74, 6) is -0.803. The van der Waals surface area contributed by atoms with Gasteiger partial charge in [0.1, 0.15) is 19.8 Å². The van der Waals surface area contributed by atoms with Crippen LogP contribution in [0.5, 0.6) is 0 Å². The van der Waals surface area contributed by atoms with Crippen molar-refractivity contribution in [2.24, 2.45) is 0 Å². The fraction of sp³-hybridized carbons (Fsp3) is 0.707. The average molecular weight is 1300 g/mol. The molecule has 0 aliphatic carbocycles. The van der Waals surface area contributed by atoms with E-state index in [1.807, 2.05) is 21.1 Å². The van der Waals surface area contributed by atoms with Gasteiger partial charge in [-0.25, -0.2) is 4.57 Å². The fourth-order valence-corrected chi connectivity index (χ4v) is 11.1. The van der Waals surface area contributed by atoms with Crippen molar-refractivity contribution in [1.82, 2.24) is 0 Å². The molecule has 0 saturated heterocycles. The fourth-order valence-electron chi connectivity index (χ4n) is 10.4. The van der Waals surface area contributed by atoms with Crippen LogP contribution in [0.4, 0.5) is 0 Å². The molecule has 0 spiro atoms. The van der Waals surface area contributed by atoms with E-state index in [-0.39, 0.29) is 32.0 Å². The Morgan fingerprint density at radius 1 is 0.348 bits per heavy atom. The maximum absolute atomic E-state index is 12.9. The zero-order chi connectivity index (χ0) is 66.9. The van der Waals surface area contributed by atoms with Crippen molar-refractivity contribution in [3.8, 4) is 0 Å². The van der Waals surface area contributed by atoms with E-state index in [9.17, 15) is 19.0 Å². The van der Waals surface area contributed by atoms with Crippen molar-refractivity contribution in [3.05, 3.63) is 134 Å². The van der Waals surface area contributed by atoms with Gasteiger partial charge < -0.3 is 18.9 Å². The number of carbonyl (C=O) groups excluding carboxylic acids is 2. The molecule has 0 fully saturated rings. The molecule has 2 unspecified atom stereocenters. The maximum atomic E-state index is 12.9. The molecule has 528 valence electrons. The first-order valence-corrected chi connectivity index (χ1v) is 39.4. The molecule has 1 N–H and O–H groups in total. The van der Waals surface area contributed by atoms with Crippen LogP contribution in [-0.2, 0) is 32.7 Å². The molecule has 0 saturated carbocycles. The third kappa shape index (κ3) is 75.2. The Balaban J connectivity index is 4.07. The minimum Gasteiger partial charge on any atom is -0.462 e. The molecular weight excluding hydrogens is 1160 g/mol. The minimum atomic E-state index is -4.40. The molecule has 0 aliphatic heterocycles. The summed E-state index contributed by atoms with van der Waals surface area (Å²) < 4.78 is 34.8. The Kier molecular flexibility index (Phi) is 68.5. The Hall–Kier alpha value is -3.85. The summed E-state index contributed by atoms with van der Waals surface area (Å²) in [6, 6.07) is 0. The highest BCUT2D eigenvalue weighted by Gasteiger charge is 2.27.